The summed E-state index contributed by atoms with van der Waals surface area (Å²) < 4.78 is 28.5. The van der Waals surface area contributed by atoms with Crippen molar-refractivity contribution in [2.24, 2.45) is 0 Å². The monoisotopic (exact) mass is 1120 g/mol. The second-order valence-electron chi connectivity index (χ2n) is 22.7. The molecule has 79 heavy (non-hydrogen) atoms. The number of allylic oxidation sites excluding steroid dienone is 6. The third kappa shape index (κ3) is 45.2. The lowest BCUT2D eigenvalue weighted by Crippen LogP contribution is -2.61. The van der Waals surface area contributed by atoms with E-state index in [1.54, 1.807) is 0 Å². The first-order chi connectivity index (χ1) is 38.6. The first-order valence-electron chi connectivity index (χ1n) is 33.0. The van der Waals surface area contributed by atoms with E-state index in [0.29, 0.717) is 19.3 Å². The quantitative estimate of drug-likeness (QED) is 0.0228. The predicted molar refractivity (Wildman–Crippen MR) is 322 cm³/mol. The normalized spacial score (nSPS) is 18.0. The lowest BCUT2D eigenvalue weighted by Gasteiger charge is -2.40. The number of carboxylic acid groups (broad SMARTS) is 1. The van der Waals surface area contributed by atoms with Crippen molar-refractivity contribution < 1.29 is 58.2 Å². The number of ether oxygens (including phenoxy) is 5. The molecule has 0 aromatic heterocycles. The SMILES string of the molecule is CCCC/C=C\CCCCCCCC(=O)OC1C(OCC(COC(=O)CCCCCCCCCCC/C=C\CCCCCCCC)OC(=O)CCCCCCCCCCC/C=C\CCCCCCCC)OC(C(=O)O)C(O)C1O. The minimum absolute atomic E-state index is 0.0522. The standard InChI is InChI=1S/C67H120O12/c1-4-7-10-13-16-19-22-24-26-28-30-32-34-36-39-41-44-47-50-53-59(68)75-56-58(77-60(69)54-51-48-45-43-40-37-35-33-31-29-27-25-23-20-17-14-11-8-5-2)57-76-67-65(63(72)62(71)64(79-67)66(73)74)78-61(70)55-52-49-46-42-38-21-18-15-12-9-6-3/h15,18,24-27,58,62-65,67,71-72H,4-14,16-17,19-23,28-57H2,1-3H3,(H,73,74)/b18-15-,26-24-,27-25-. The third-order valence-corrected chi connectivity index (χ3v) is 15.2. The predicted octanol–water partition coefficient (Wildman–Crippen LogP) is 17.6. The summed E-state index contributed by atoms with van der Waals surface area (Å²) in [6.07, 6.45) is 54.0. The molecule has 0 spiro atoms. The molecule has 12 nitrogen and oxygen atoms in total. The first kappa shape index (κ1) is 74.0. The van der Waals surface area contributed by atoms with Crippen molar-refractivity contribution in [1.82, 2.24) is 0 Å². The maximum atomic E-state index is 13.2. The van der Waals surface area contributed by atoms with Crippen LogP contribution in [-0.2, 0) is 42.9 Å². The maximum Gasteiger partial charge on any atom is 0.335 e. The van der Waals surface area contributed by atoms with Gasteiger partial charge in [0.1, 0.15) is 18.8 Å². The van der Waals surface area contributed by atoms with Gasteiger partial charge in [0, 0.05) is 19.3 Å². The van der Waals surface area contributed by atoms with E-state index in [4.69, 9.17) is 23.7 Å². The van der Waals surface area contributed by atoms with Gasteiger partial charge in [0.25, 0.3) is 0 Å². The number of carbonyl (C=O) groups excluding carboxylic acids is 3. The zero-order valence-electron chi connectivity index (χ0n) is 50.9. The molecule has 0 amide bonds. The number of rotatable bonds is 57. The highest BCUT2D eigenvalue weighted by atomic mass is 16.7. The first-order valence-corrected chi connectivity index (χ1v) is 33.0. The van der Waals surface area contributed by atoms with E-state index >= 15 is 0 Å². The Morgan fingerprint density at radius 1 is 0.405 bits per heavy atom. The molecule has 1 fully saturated rings. The molecular formula is C67H120O12. The number of aliphatic carboxylic acids is 1. The Labute approximate surface area is 482 Å². The molecule has 6 atom stereocenters. The van der Waals surface area contributed by atoms with Gasteiger partial charge in [-0.3, -0.25) is 14.4 Å². The van der Waals surface area contributed by atoms with Crippen LogP contribution >= 0.6 is 0 Å². The number of esters is 3. The van der Waals surface area contributed by atoms with Gasteiger partial charge in [-0.1, -0.05) is 243 Å². The number of carboxylic acids is 1. The van der Waals surface area contributed by atoms with Crippen molar-refractivity contribution in [2.75, 3.05) is 13.2 Å². The molecule has 1 aliphatic rings. The van der Waals surface area contributed by atoms with Gasteiger partial charge in [-0.05, 0) is 89.9 Å². The molecule has 0 aliphatic carbocycles. The summed E-state index contributed by atoms with van der Waals surface area (Å²) >= 11 is 0. The van der Waals surface area contributed by atoms with Crippen molar-refractivity contribution in [3.05, 3.63) is 36.5 Å². The van der Waals surface area contributed by atoms with E-state index in [0.717, 1.165) is 77.0 Å². The number of aliphatic hydroxyl groups is 2. The molecule has 3 N–H and O–H groups in total. The Balaban J connectivity index is 2.62. The van der Waals surface area contributed by atoms with Crippen LogP contribution < -0.4 is 0 Å². The second kappa shape index (κ2) is 55.5. The van der Waals surface area contributed by atoms with Gasteiger partial charge in [-0.2, -0.15) is 0 Å². The van der Waals surface area contributed by atoms with Gasteiger partial charge >= 0.3 is 23.9 Å². The van der Waals surface area contributed by atoms with Crippen LogP contribution in [0.25, 0.3) is 0 Å². The fraction of sp³-hybridized carbons (Fsp3) is 0.851. The van der Waals surface area contributed by atoms with Gasteiger partial charge in [-0.25, -0.2) is 4.79 Å². The Bertz CT molecular complexity index is 1510. The molecule has 1 saturated heterocycles. The summed E-state index contributed by atoms with van der Waals surface area (Å²) in [5.41, 5.74) is 0. The van der Waals surface area contributed by atoms with Crippen molar-refractivity contribution in [3.63, 3.8) is 0 Å². The highest BCUT2D eigenvalue weighted by Gasteiger charge is 2.50. The fourth-order valence-corrected chi connectivity index (χ4v) is 10.0. The molecule has 0 saturated carbocycles. The molecule has 1 heterocycles. The summed E-state index contributed by atoms with van der Waals surface area (Å²) in [4.78, 5) is 51.3. The average molecular weight is 1120 g/mol. The smallest absolute Gasteiger partial charge is 0.335 e. The highest BCUT2D eigenvalue weighted by Crippen LogP contribution is 2.27. The topological polar surface area (TPSA) is 175 Å². The van der Waals surface area contributed by atoms with Gasteiger partial charge in [-0.15, -0.1) is 0 Å². The van der Waals surface area contributed by atoms with Crippen LogP contribution in [0.3, 0.4) is 0 Å². The Morgan fingerprint density at radius 2 is 0.734 bits per heavy atom. The van der Waals surface area contributed by atoms with Crippen molar-refractivity contribution in [1.29, 1.82) is 0 Å². The van der Waals surface area contributed by atoms with Gasteiger partial charge in [0.05, 0.1) is 6.61 Å². The van der Waals surface area contributed by atoms with Crippen LogP contribution in [-0.4, -0.2) is 89.2 Å². The number of hydrogen-bond donors (Lipinski definition) is 3. The van der Waals surface area contributed by atoms with Crippen LogP contribution in [0.1, 0.15) is 316 Å². The van der Waals surface area contributed by atoms with E-state index in [2.05, 4.69) is 57.2 Å². The number of unbranched alkanes of at least 4 members (excludes halogenated alkanes) is 37. The van der Waals surface area contributed by atoms with E-state index in [9.17, 15) is 34.5 Å². The van der Waals surface area contributed by atoms with Crippen LogP contribution in [0.4, 0.5) is 0 Å². The molecule has 0 aromatic rings. The van der Waals surface area contributed by atoms with Crippen molar-refractivity contribution in [3.8, 4) is 0 Å². The van der Waals surface area contributed by atoms with Gasteiger partial charge in [0.2, 0.25) is 0 Å². The molecule has 12 heteroatoms. The fourth-order valence-electron chi connectivity index (χ4n) is 10.0. The number of carbonyl (C=O) groups is 4. The minimum Gasteiger partial charge on any atom is -0.479 e. The summed E-state index contributed by atoms with van der Waals surface area (Å²) in [6.45, 7) is 5.98. The molecule has 1 rings (SSSR count). The summed E-state index contributed by atoms with van der Waals surface area (Å²) in [7, 11) is 0. The van der Waals surface area contributed by atoms with Crippen molar-refractivity contribution >= 4 is 23.9 Å². The van der Waals surface area contributed by atoms with Crippen LogP contribution in [0.15, 0.2) is 36.5 Å². The van der Waals surface area contributed by atoms with Crippen LogP contribution in [0, 0.1) is 0 Å². The molecule has 0 aromatic carbocycles. The molecule has 1 aliphatic heterocycles. The Kier molecular flexibility index (Phi) is 51.9. The third-order valence-electron chi connectivity index (χ3n) is 15.2. The summed E-state index contributed by atoms with van der Waals surface area (Å²) in [5, 5.41) is 31.5. The number of aliphatic hydroxyl groups excluding tert-OH is 2. The summed E-state index contributed by atoms with van der Waals surface area (Å²) in [6, 6.07) is 0. The molecule has 0 radical (unpaired) electrons. The van der Waals surface area contributed by atoms with E-state index in [1.165, 1.54) is 180 Å². The Hall–Kier alpha value is -3.06. The molecule has 460 valence electrons. The van der Waals surface area contributed by atoms with Crippen LogP contribution in [0.5, 0.6) is 0 Å². The highest BCUT2D eigenvalue weighted by molar-refractivity contribution is 5.74. The van der Waals surface area contributed by atoms with E-state index in [-0.39, 0.29) is 25.9 Å². The maximum absolute atomic E-state index is 13.2. The zero-order chi connectivity index (χ0) is 57.5. The second-order valence-corrected chi connectivity index (χ2v) is 22.7. The lowest BCUT2D eigenvalue weighted by atomic mass is 9.98. The Morgan fingerprint density at radius 3 is 1.11 bits per heavy atom. The number of hydrogen-bond acceptors (Lipinski definition) is 11. The minimum atomic E-state index is -1.90. The average Bonchev–Trinajstić information content (AvgIpc) is 3.44. The van der Waals surface area contributed by atoms with E-state index < -0.39 is 67.3 Å². The van der Waals surface area contributed by atoms with Crippen LogP contribution in [0.2, 0.25) is 0 Å². The van der Waals surface area contributed by atoms with Crippen molar-refractivity contribution in [2.45, 2.75) is 353 Å². The van der Waals surface area contributed by atoms with E-state index in [1.807, 2.05) is 0 Å². The lowest BCUT2D eigenvalue weighted by molar-refractivity contribution is -0.301. The molecular weight excluding hydrogens is 997 g/mol. The summed E-state index contributed by atoms with van der Waals surface area (Å²) in [5.74, 6) is -3.11. The molecule has 0 bridgehead atoms. The zero-order valence-corrected chi connectivity index (χ0v) is 50.9. The molecule has 6 unspecified atom stereocenters. The van der Waals surface area contributed by atoms with Gasteiger partial charge < -0.3 is 39.0 Å². The van der Waals surface area contributed by atoms with Gasteiger partial charge in [0.15, 0.2) is 24.6 Å². The largest absolute Gasteiger partial charge is 0.479 e.